The van der Waals surface area contributed by atoms with Gasteiger partial charge in [-0.3, -0.25) is 0 Å². The predicted octanol–water partition coefficient (Wildman–Crippen LogP) is 4.66. The summed E-state index contributed by atoms with van der Waals surface area (Å²) in [5.74, 6) is -3.03. The molecular weight excluding hydrogens is 371 g/mol. The summed E-state index contributed by atoms with van der Waals surface area (Å²) in [4.78, 5) is 9.23. The molecule has 0 radical (unpaired) electrons. The minimum Gasteiger partial charge on any atom is -0.493 e. The molecule has 0 unspecified atom stereocenters. The third kappa shape index (κ3) is 3.91. The Morgan fingerprint density at radius 1 is 1.29 bits per heavy atom. The largest absolute Gasteiger partial charge is 0.493 e. The molecular formula is C20H20F3N3O2. The minimum absolute atomic E-state index is 0.175. The number of halogens is 3. The highest BCUT2D eigenvalue weighted by Gasteiger charge is 2.30. The lowest BCUT2D eigenvalue weighted by molar-refractivity contribution is 0.000840. The fourth-order valence-corrected chi connectivity index (χ4v) is 3.27. The van der Waals surface area contributed by atoms with Crippen LogP contribution in [0.1, 0.15) is 24.9 Å². The van der Waals surface area contributed by atoms with E-state index >= 15 is 0 Å². The molecule has 1 saturated heterocycles. The first kappa shape index (κ1) is 18.6. The van der Waals surface area contributed by atoms with E-state index < -0.39 is 18.2 Å². The van der Waals surface area contributed by atoms with Gasteiger partial charge < -0.3 is 19.4 Å². The van der Waals surface area contributed by atoms with Crippen LogP contribution in [-0.4, -0.2) is 35.8 Å². The Balaban J connectivity index is 1.52. The molecule has 1 N–H and O–H groups in total. The van der Waals surface area contributed by atoms with Crippen LogP contribution in [0.25, 0.3) is 11.0 Å². The molecule has 28 heavy (non-hydrogen) atoms. The number of aromatic nitrogens is 2. The van der Waals surface area contributed by atoms with Crippen LogP contribution in [0.4, 0.5) is 18.9 Å². The third-order valence-electron chi connectivity index (χ3n) is 4.76. The highest BCUT2D eigenvalue weighted by Crippen LogP contribution is 2.35. The molecule has 1 fully saturated rings. The summed E-state index contributed by atoms with van der Waals surface area (Å²) in [5.41, 5.74) is 3.10. The number of aromatic amines is 1. The second-order valence-electron chi connectivity index (χ2n) is 6.94. The van der Waals surface area contributed by atoms with Gasteiger partial charge in [0.1, 0.15) is 18.3 Å². The normalized spacial score (nSPS) is 17.4. The molecule has 0 aliphatic carbocycles. The van der Waals surface area contributed by atoms with Crippen LogP contribution < -0.4 is 9.64 Å². The predicted molar refractivity (Wildman–Crippen MR) is 99.3 cm³/mol. The van der Waals surface area contributed by atoms with Crippen molar-refractivity contribution in [2.24, 2.45) is 0 Å². The van der Waals surface area contributed by atoms with E-state index in [1.165, 1.54) is 6.07 Å². The third-order valence-corrected chi connectivity index (χ3v) is 4.76. The van der Waals surface area contributed by atoms with E-state index in [9.17, 15) is 13.2 Å². The van der Waals surface area contributed by atoms with Crippen LogP contribution in [0, 0.1) is 5.82 Å². The van der Waals surface area contributed by atoms with Crippen molar-refractivity contribution < 1.29 is 22.6 Å². The second-order valence-corrected chi connectivity index (χ2v) is 6.94. The van der Waals surface area contributed by atoms with Crippen LogP contribution in [-0.2, 0) is 4.74 Å². The zero-order valence-corrected chi connectivity index (χ0v) is 15.3. The SMILES string of the molecule is CC(F)(F)CCOc1ccc([C@H]2COCN2c2ccc3nc[nH]c3c2)c(F)c1. The number of nitrogens with zero attached hydrogens (tertiary/aromatic N) is 2. The summed E-state index contributed by atoms with van der Waals surface area (Å²) >= 11 is 0. The van der Waals surface area contributed by atoms with Crippen molar-refractivity contribution in [1.82, 2.24) is 9.97 Å². The Hall–Kier alpha value is -2.74. The molecule has 0 spiro atoms. The first-order valence-corrected chi connectivity index (χ1v) is 8.98. The number of imidazole rings is 1. The van der Waals surface area contributed by atoms with Crippen molar-refractivity contribution >= 4 is 16.7 Å². The molecule has 1 aliphatic heterocycles. The van der Waals surface area contributed by atoms with E-state index in [4.69, 9.17) is 9.47 Å². The quantitative estimate of drug-likeness (QED) is 0.664. The maximum Gasteiger partial charge on any atom is 0.248 e. The zero-order valence-electron chi connectivity index (χ0n) is 15.3. The van der Waals surface area contributed by atoms with Crippen molar-refractivity contribution in [3.8, 4) is 5.75 Å². The molecule has 1 atom stereocenters. The Labute approximate surface area is 160 Å². The van der Waals surface area contributed by atoms with Gasteiger partial charge in [0.05, 0.1) is 36.6 Å². The van der Waals surface area contributed by atoms with Crippen molar-refractivity contribution in [1.29, 1.82) is 0 Å². The molecule has 4 rings (SSSR count). The van der Waals surface area contributed by atoms with E-state index in [0.29, 0.717) is 18.9 Å². The first-order chi connectivity index (χ1) is 13.4. The van der Waals surface area contributed by atoms with E-state index in [1.54, 1.807) is 18.5 Å². The lowest BCUT2D eigenvalue weighted by Gasteiger charge is -2.25. The van der Waals surface area contributed by atoms with Gasteiger partial charge in [-0.15, -0.1) is 0 Å². The van der Waals surface area contributed by atoms with Gasteiger partial charge in [0.2, 0.25) is 5.92 Å². The average molecular weight is 391 g/mol. The van der Waals surface area contributed by atoms with E-state index in [0.717, 1.165) is 23.6 Å². The van der Waals surface area contributed by atoms with Gasteiger partial charge in [-0.2, -0.15) is 0 Å². The van der Waals surface area contributed by atoms with Crippen LogP contribution >= 0.6 is 0 Å². The van der Waals surface area contributed by atoms with Gasteiger partial charge >= 0.3 is 0 Å². The highest BCUT2D eigenvalue weighted by atomic mass is 19.3. The number of rotatable bonds is 6. The molecule has 0 amide bonds. The molecule has 1 aromatic heterocycles. The van der Waals surface area contributed by atoms with E-state index in [1.807, 2.05) is 23.1 Å². The molecule has 1 aliphatic rings. The van der Waals surface area contributed by atoms with Gasteiger partial charge in [0, 0.05) is 23.7 Å². The summed E-state index contributed by atoms with van der Waals surface area (Å²) in [7, 11) is 0. The molecule has 148 valence electrons. The van der Waals surface area contributed by atoms with Crippen LogP contribution in [0.3, 0.4) is 0 Å². The fourth-order valence-electron chi connectivity index (χ4n) is 3.27. The average Bonchev–Trinajstić information content (AvgIpc) is 3.29. The smallest absolute Gasteiger partial charge is 0.248 e. The van der Waals surface area contributed by atoms with Gasteiger partial charge in [0.25, 0.3) is 0 Å². The molecule has 2 aromatic carbocycles. The molecule has 8 heteroatoms. The number of nitrogens with one attached hydrogen (secondary N) is 1. The monoisotopic (exact) mass is 391 g/mol. The molecule has 5 nitrogen and oxygen atoms in total. The van der Waals surface area contributed by atoms with Gasteiger partial charge in [0.15, 0.2) is 0 Å². The Bertz CT molecular complexity index is 971. The van der Waals surface area contributed by atoms with Crippen molar-refractivity contribution in [3.05, 3.63) is 54.1 Å². The Kier molecular flexibility index (Phi) is 4.89. The number of ether oxygens (including phenoxy) is 2. The number of anilines is 1. The standard InChI is InChI=1S/C20H20F3N3O2/c1-20(22,23)6-7-28-14-3-4-15(16(21)9-14)19-10-27-12-26(19)13-2-5-17-18(8-13)25-11-24-17/h2-5,8-9,11,19H,6-7,10,12H2,1H3,(H,24,25)/t19-/m1/s1. The summed E-state index contributed by atoms with van der Waals surface area (Å²) in [6.07, 6.45) is 1.20. The maximum absolute atomic E-state index is 14.7. The highest BCUT2D eigenvalue weighted by molar-refractivity contribution is 5.79. The Morgan fingerprint density at radius 2 is 2.14 bits per heavy atom. The fraction of sp³-hybridized carbons (Fsp3) is 0.350. The van der Waals surface area contributed by atoms with E-state index in [-0.39, 0.29) is 18.4 Å². The van der Waals surface area contributed by atoms with E-state index in [2.05, 4.69) is 9.97 Å². The maximum atomic E-state index is 14.7. The van der Waals surface area contributed by atoms with Crippen molar-refractivity contribution in [2.45, 2.75) is 25.3 Å². The number of hydrogen-bond acceptors (Lipinski definition) is 4. The van der Waals surface area contributed by atoms with Gasteiger partial charge in [-0.05, 0) is 31.2 Å². The minimum atomic E-state index is -2.81. The topological polar surface area (TPSA) is 50.4 Å². The number of hydrogen-bond donors (Lipinski definition) is 1. The number of H-pyrrole nitrogens is 1. The number of benzene rings is 2. The second kappa shape index (κ2) is 7.35. The summed E-state index contributed by atoms with van der Waals surface area (Å²) in [6.45, 7) is 1.34. The van der Waals surface area contributed by atoms with Gasteiger partial charge in [-0.25, -0.2) is 18.2 Å². The molecule has 0 saturated carbocycles. The summed E-state index contributed by atoms with van der Waals surface area (Å²) in [5, 5.41) is 0. The van der Waals surface area contributed by atoms with Crippen LogP contribution in [0.2, 0.25) is 0 Å². The first-order valence-electron chi connectivity index (χ1n) is 8.98. The van der Waals surface area contributed by atoms with Crippen LogP contribution in [0.5, 0.6) is 5.75 Å². The lowest BCUT2D eigenvalue weighted by atomic mass is 10.0. The summed E-state index contributed by atoms with van der Waals surface area (Å²) in [6, 6.07) is 9.92. The Morgan fingerprint density at radius 3 is 2.93 bits per heavy atom. The van der Waals surface area contributed by atoms with Crippen molar-refractivity contribution in [2.75, 3.05) is 24.8 Å². The number of fused-ring (bicyclic) bond motifs is 1. The lowest BCUT2D eigenvalue weighted by Crippen LogP contribution is -2.24. The molecule has 0 bridgehead atoms. The van der Waals surface area contributed by atoms with Gasteiger partial charge in [-0.1, -0.05) is 6.07 Å². The zero-order chi connectivity index (χ0) is 19.7. The molecule has 3 aromatic rings. The molecule has 2 heterocycles. The summed E-state index contributed by atoms with van der Waals surface area (Å²) < 4.78 is 51.3. The van der Waals surface area contributed by atoms with Crippen molar-refractivity contribution in [3.63, 3.8) is 0 Å². The van der Waals surface area contributed by atoms with Crippen LogP contribution in [0.15, 0.2) is 42.7 Å². The number of alkyl halides is 2.